The topological polar surface area (TPSA) is 108 Å². The lowest BCUT2D eigenvalue weighted by molar-refractivity contribution is -0.116. The largest absolute Gasteiger partial charge is 0.593 e. The minimum atomic E-state index is -4.38. The maximum absolute atomic E-state index is 12.4. The van der Waals surface area contributed by atoms with E-state index in [4.69, 9.17) is 16.7 Å². The van der Waals surface area contributed by atoms with Crippen LogP contribution >= 0.6 is 11.6 Å². The van der Waals surface area contributed by atoms with E-state index in [0.717, 1.165) is 0 Å². The zero-order valence-electron chi connectivity index (χ0n) is 15.8. The molecule has 0 saturated heterocycles. The fourth-order valence-corrected chi connectivity index (χ4v) is 3.52. The molecule has 0 aliphatic carbocycles. The van der Waals surface area contributed by atoms with Crippen LogP contribution in [0.1, 0.15) is 5.56 Å². The first-order chi connectivity index (χ1) is 14.6. The average molecular weight is 472 g/mol. The van der Waals surface area contributed by atoms with Crippen LogP contribution in [-0.2, 0) is 22.6 Å². The van der Waals surface area contributed by atoms with E-state index in [1.165, 1.54) is 29.2 Å². The van der Waals surface area contributed by atoms with Gasteiger partial charge in [-0.1, -0.05) is 29.8 Å². The number of hydrogen-bond donors (Lipinski definition) is 3. The minimum absolute atomic E-state index is 0.0376. The number of nitrogens with zero attached hydrogens (tertiary/aromatic N) is 2. The third kappa shape index (κ3) is 6.37. The molecule has 0 fully saturated rings. The number of nitrogens with one attached hydrogen (secondary N) is 2. The van der Waals surface area contributed by atoms with E-state index in [1.54, 1.807) is 30.3 Å². The zero-order valence-corrected chi connectivity index (χ0v) is 17.4. The summed E-state index contributed by atoms with van der Waals surface area (Å²) in [7, 11) is 0. The van der Waals surface area contributed by atoms with Crippen molar-refractivity contribution in [3.63, 3.8) is 0 Å². The lowest BCUT2D eigenvalue weighted by atomic mass is 10.1. The number of anilines is 2. The Balaban J connectivity index is 1.76. The van der Waals surface area contributed by atoms with Gasteiger partial charge in [-0.15, -0.1) is 5.14 Å². The zero-order chi connectivity index (χ0) is 22.6. The van der Waals surface area contributed by atoms with E-state index in [2.05, 4.69) is 15.7 Å². The van der Waals surface area contributed by atoms with Crippen LogP contribution < -0.4 is 15.8 Å². The van der Waals surface area contributed by atoms with Crippen molar-refractivity contribution in [2.75, 3.05) is 17.2 Å². The van der Waals surface area contributed by atoms with Crippen molar-refractivity contribution >= 4 is 40.2 Å². The molecular formula is C19H17ClF3N5O2S. The molecule has 12 heteroatoms. The van der Waals surface area contributed by atoms with Gasteiger partial charge < -0.3 is 15.2 Å². The fourth-order valence-electron chi connectivity index (χ4n) is 2.71. The molecule has 2 aromatic carbocycles. The van der Waals surface area contributed by atoms with E-state index < -0.39 is 24.1 Å². The first-order valence-corrected chi connectivity index (χ1v) is 10.4. The van der Waals surface area contributed by atoms with Crippen LogP contribution in [0, 0.1) is 0 Å². The lowest BCUT2D eigenvalue weighted by Gasteiger charge is -2.12. The Morgan fingerprint density at radius 3 is 2.65 bits per heavy atom. The van der Waals surface area contributed by atoms with Crippen molar-refractivity contribution in [1.29, 1.82) is 0 Å². The summed E-state index contributed by atoms with van der Waals surface area (Å²) in [5, 5.41) is 14.9. The van der Waals surface area contributed by atoms with Gasteiger partial charge in [0.2, 0.25) is 10.8 Å². The normalized spacial score (nSPS) is 12.5. The molecular weight excluding hydrogens is 455 g/mol. The number of hydrogen-bond acceptors (Lipinski definition) is 5. The monoisotopic (exact) mass is 471 g/mol. The summed E-state index contributed by atoms with van der Waals surface area (Å²) in [5.74, 6) is -0.340. The van der Waals surface area contributed by atoms with Crippen molar-refractivity contribution in [2.24, 2.45) is 5.14 Å². The van der Waals surface area contributed by atoms with E-state index in [1.807, 2.05) is 0 Å². The molecule has 3 aromatic rings. The van der Waals surface area contributed by atoms with Gasteiger partial charge in [-0.05, 0) is 23.8 Å². The van der Waals surface area contributed by atoms with E-state index in [9.17, 15) is 22.5 Å². The van der Waals surface area contributed by atoms with Crippen LogP contribution in [0.5, 0.6) is 0 Å². The molecule has 0 spiro atoms. The molecule has 31 heavy (non-hydrogen) atoms. The molecule has 0 bridgehead atoms. The summed E-state index contributed by atoms with van der Waals surface area (Å²) < 4.78 is 50.4. The SMILES string of the molecule is N[S+]([O-])c1cc(NC(=O)Cc2ccccc2Cl)ccc1-n1cc(NCC(F)(F)F)cn1. The van der Waals surface area contributed by atoms with Crippen LogP contribution in [0.15, 0.2) is 59.8 Å². The molecule has 4 N–H and O–H groups in total. The maximum Gasteiger partial charge on any atom is 0.405 e. The standard InChI is InChI=1S/C19H17ClF3N5O2S/c20-15-4-2-1-3-12(15)7-18(29)27-13-5-6-16(17(8-13)31(24)30)28-10-14(9-26-28)25-11-19(21,22)23/h1-6,8-10,25H,7,11,24H2,(H,27,29). The lowest BCUT2D eigenvalue weighted by Crippen LogP contribution is -2.21. The molecule has 0 aliphatic heterocycles. The smallest absolute Gasteiger partial charge is 0.405 e. The molecule has 0 radical (unpaired) electrons. The summed E-state index contributed by atoms with van der Waals surface area (Å²) in [6.07, 6.45) is -1.83. The van der Waals surface area contributed by atoms with Gasteiger partial charge >= 0.3 is 6.18 Å². The Morgan fingerprint density at radius 1 is 1.23 bits per heavy atom. The number of carbonyl (C=O) groups excluding carboxylic acids is 1. The van der Waals surface area contributed by atoms with Crippen molar-refractivity contribution in [1.82, 2.24) is 9.78 Å². The Bertz CT molecular complexity index is 1070. The first-order valence-electron chi connectivity index (χ1n) is 8.81. The van der Waals surface area contributed by atoms with Gasteiger partial charge in [-0.2, -0.15) is 18.3 Å². The highest BCUT2D eigenvalue weighted by Gasteiger charge is 2.27. The van der Waals surface area contributed by atoms with Crippen LogP contribution in [0.25, 0.3) is 5.69 Å². The second-order valence-corrected chi connectivity index (χ2v) is 7.88. The molecule has 3 rings (SSSR count). The summed E-state index contributed by atoms with van der Waals surface area (Å²) in [5.41, 5.74) is 1.42. The van der Waals surface area contributed by atoms with Crippen molar-refractivity contribution < 1.29 is 22.5 Å². The second kappa shape index (κ2) is 9.60. The number of halogens is 4. The third-order valence-electron chi connectivity index (χ3n) is 4.09. The number of benzene rings is 2. The summed E-state index contributed by atoms with van der Waals surface area (Å²) in [6, 6.07) is 11.4. The van der Waals surface area contributed by atoms with E-state index >= 15 is 0 Å². The van der Waals surface area contributed by atoms with Gasteiger partial charge in [0, 0.05) is 16.8 Å². The van der Waals surface area contributed by atoms with Crippen molar-refractivity contribution in [3.05, 3.63) is 65.4 Å². The molecule has 164 valence electrons. The molecule has 0 aliphatic rings. The number of aromatic nitrogens is 2. The Kier molecular flexibility index (Phi) is 7.11. The highest BCUT2D eigenvalue weighted by molar-refractivity contribution is 7.89. The number of alkyl halides is 3. The molecule has 1 amide bonds. The van der Waals surface area contributed by atoms with Crippen molar-refractivity contribution in [2.45, 2.75) is 17.5 Å². The molecule has 7 nitrogen and oxygen atoms in total. The fraction of sp³-hybridized carbons (Fsp3) is 0.158. The van der Waals surface area contributed by atoms with Gasteiger partial charge in [-0.3, -0.25) is 4.79 Å². The Hall–Kier alpha value is -2.73. The predicted molar refractivity (Wildman–Crippen MR) is 112 cm³/mol. The number of nitrogens with two attached hydrogens (primary N) is 1. The van der Waals surface area contributed by atoms with Gasteiger partial charge in [0.05, 0.1) is 35.9 Å². The number of amides is 1. The van der Waals surface area contributed by atoms with E-state index in [0.29, 0.717) is 22.0 Å². The van der Waals surface area contributed by atoms with Crippen LogP contribution in [0.3, 0.4) is 0 Å². The van der Waals surface area contributed by atoms with Crippen molar-refractivity contribution in [3.8, 4) is 5.69 Å². The second-order valence-electron chi connectivity index (χ2n) is 6.44. The molecule has 1 atom stereocenters. The number of carbonyl (C=O) groups is 1. The quantitative estimate of drug-likeness (QED) is 0.456. The van der Waals surface area contributed by atoms with Crippen LogP contribution in [0.4, 0.5) is 24.5 Å². The molecule has 0 saturated carbocycles. The van der Waals surface area contributed by atoms with Crippen LogP contribution in [0.2, 0.25) is 5.02 Å². The molecule has 1 unspecified atom stereocenters. The average Bonchev–Trinajstić information content (AvgIpc) is 3.16. The minimum Gasteiger partial charge on any atom is -0.593 e. The van der Waals surface area contributed by atoms with Gasteiger partial charge in [0.25, 0.3) is 0 Å². The highest BCUT2D eigenvalue weighted by atomic mass is 35.5. The Labute approximate surface area is 183 Å². The van der Waals surface area contributed by atoms with Gasteiger partial charge in [0.15, 0.2) is 0 Å². The van der Waals surface area contributed by atoms with Gasteiger partial charge in [0.1, 0.15) is 12.2 Å². The molecule has 1 heterocycles. The maximum atomic E-state index is 12.4. The number of rotatable bonds is 7. The third-order valence-corrected chi connectivity index (χ3v) is 5.22. The van der Waals surface area contributed by atoms with E-state index in [-0.39, 0.29) is 22.9 Å². The summed E-state index contributed by atoms with van der Waals surface area (Å²) in [6.45, 7) is -1.22. The highest BCUT2D eigenvalue weighted by Crippen LogP contribution is 2.25. The molecule has 1 aromatic heterocycles. The van der Waals surface area contributed by atoms with Crippen LogP contribution in [-0.4, -0.2) is 33.0 Å². The first kappa shape index (κ1) is 22.9. The Morgan fingerprint density at radius 2 is 1.97 bits per heavy atom. The van der Waals surface area contributed by atoms with Gasteiger partial charge in [-0.25, -0.2) is 4.68 Å². The summed E-state index contributed by atoms with van der Waals surface area (Å²) >= 11 is 4.11. The predicted octanol–water partition coefficient (Wildman–Crippen LogP) is 3.66. The summed E-state index contributed by atoms with van der Waals surface area (Å²) in [4.78, 5) is 12.5.